The first-order valence-electron chi connectivity index (χ1n) is 7.45. The van der Waals surface area contributed by atoms with Gasteiger partial charge in [0.1, 0.15) is 11.2 Å². The largest absolute Gasteiger partial charge is 0.456 e. The fourth-order valence-corrected chi connectivity index (χ4v) is 3.12. The quantitative estimate of drug-likeness (QED) is 0.406. The van der Waals surface area contributed by atoms with Crippen molar-refractivity contribution in [3.63, 3.8) is 0 Å². The lowest BCUT2D eigenvalue weighted by atomic mass is 10.1. The van der Waals surface area contributed by atoms with Crippen molar-refractivity contribution in [1.29, 1.82) is 0 Å². The number of carbonyl (C=O) groups is 1. The van der Waals surface area contributed by atoms with Crippen LogP contribution < -0.4 is 5.32 Å². The Morgan fingerprint density at radius 3 is 2.80 bits per heavy atom. The molecule has 1 N–H and O–H groups in total. The predicted octanol–water partition coefficient (Wildman–Crippen LogP) is 5.00. The zero-order valence-electron chi connectivity index (χ0n) is 13.1. The van der Waals surface area contributed by atoms with E-state index < -0.39 is 5.91 Å². The maximum Gasteiger partial charge on any atom is 0.275 e. The summed E-state index contributed by atoms with van der Waals surface area (Å²) in [6.45, 7) is 0. The van der Waals surface area contributed by atoms with Crippen LogP contribution in [0.1, 0.15) is 10.5 Å². The van der Waals surface area contributed by atoms with Gasteiger partial charge in [-0.3, -0.25) is 4.79 Å². The molecule has 2 aromatic carbocycles. The van der Waals surface area contributed by atoms with E-state index in [0.717, 1.165) is 16.4 Å². The van der Waals surface area contributed by atoms with Crippen molar-refractivity contribution in [3.8, 4) is 0 Å². The number of halogens is 1. The summed E-state index contributed by atoms with van der Waals surface area (Å²) in [5.41, 5.74) is 2.27. The number of furan rings is 1. The van der Waals surface area contributed by atoms with E-state index in [9.17, 15) is 4.79 Å². The Morgan fingerprint density at radius 1 is 1.16 bits per heavy atom. The molecule has 2 heterocycles. The molecule has 124 valence electrons. The number of hydrogen-bond donors (Lipinski definition) is 1. The molecule has 0 aliphatic heterocycles. The van der Waals surface area contributed by atoms with Gasteiger partial charge in [0.2, 0.25) is 0 Å². The Balaban J connectivity index is 1.68. The van der Waals surface area contributed by atoms with Crippen molar-refractivity contribution in [3.05, 3.63) is 59.4 Å². The minimum absolute atomic E-state index is 0.144. The van der Waals surface area contributed by atoms with Crippen molar-refractivity contribution in [2.24, 2.45) is 0 Å². The molecule has 4 rings (SSSR count). The second-order valence-corrected chi connectivity index (χ2v) is 6.50. The topological polar surface area (TPSA) is 68.0 Å². The van der Waals surface area contributed by atoms with Gasteiger partial charge in [-0.1, -0.05) is 41.6 Å². The molecule has 0 spiro atoms. The van der Waals surface area contributed by atoms with E-state index in [-0.39, 0.29) is 10.7 Å². The summed E-state index contributed by atoms with van der Waals surface area (Å²) >= 11 is 7.39. The molecule has 0 unspecified atom stereocenters. The standard InChI is InChI=1S/C18H12ClN3O2S/c1-25-18-20-9-13(19)16(22-18)17(23)21-10-6-7-12-11-4-2-3-5-14(11)24-15(12)8-10/h2-9H,1H3,(H,21,23). The maximum atomic E-state index is 12.5. The van der Waals surface area contributed by atoms with Crippen LogP contribution in [0.25, 0.3) is 21.9 Å². The van der Waals surface area contributed by atoms with Gasteiger partial charge in [0.15, 0.2) is 10.9 Å². The highest BCUT2D eigenvalue weighted by Crippen LogP contribution is 2.30. The number of nitrogens with one attached hydrogen (secondary N) is 1. The van der Waals surface area contributed by atoms with Crippen molar-refractivity contribution in [1.82, 2.24) is 9.97 Å². The van der Waals surface area contributed by atoms with Gasteiger partial charge in [0, 0.05) is 22.5 Å². The number of benzene rings is 2. The molecule has 5 nitrogen and oxygen atoms in total. The summed E-state index contributed by atoms with van der Waals surface area (Å²) in [5.74, 6) is -0.391. The second-order valence-electron chi connectivity index (χ2n) is 5.32. The Bertz CT molecular complexity index is 1110. The number of hydrogen-bond acceptors (Lipinski definition) is 5. The van der Waals surface area contributed by atoms with Crippen LogP contribution in [0.2, 0.25) is 5.02 Å². The molecule has 7 heteroatoms. The Morgan fingerprint density at radius 2 is 1.96 bits per heavy atom. The first-order chi connectivity index (χ1) is 12.2. The number of nitrogens with zero attached hydrogens (tertiary/aromatic N) is 2. The van der Waals surface area contributed by atoms with Crippen LogP contribution in [-0.4, -0.2) is 22.1 Å². The lowest BCUT2D eigenvalue weighted by Crippen LogP contribution is -2.15. The van der Waals surface area contributed by atoms with Gasteiger partial charge in [-0.2, -0.15) is 0 Å². The molecule has 0 bridgehead atoms. The third kappa shape index (κ3) is 2.94. The second kappa shape index (κ2) is 6.38. The lowest BCUT2D eigenvalue weighted by molar-refractivity contribution is 0.102. The lowest BCUT2D eigenvalue weighted by Gasteiger charge is -2.06. The Labute approximate surface area is 152 Å². The van der Waals surface area contributed by atoms with Gasteiger partial charge >= 0.3 is 0 Å². The van der Waals surface area contributed by atoms with E-state index in [0.29, 0.717) is 16.4 Å². The van der Waals surface area contributed by atoms with Gasteiger partial charge in [-0.15, -0.1) is 0 Å². The molecular formula is C18H12ClN3O2S. The number of amides is 1. The monoisotopic (exact) mass is 369 g/mol. The van der Waals surface area contributed by atoms with Crippen LogP contribution in [0.15, 0.2) is 58.2 Å². The van der Waals surface area contributed by atoms with Gasteiger partial charge in [-0.25, -0.2) is 9.97 Å². The van der Waals surface area contributed by atoms with Gasteiger partial charge < -0.3 is 9.73 Å². The maximum absolute atomic E-state index is 12.5. The number of aromatic nitrogens is 2. The van der Waals surface area contributed by atoms with Gasteiger partial charge in [0.05, 0.1) is 11.2 Å². The predicted molar refractivity (Wildman–Crippen MR) is 100 cm³/mol. The molecule has 2 aromatic heterocycles. The molecular weight excluding hydrogens is 358 g/mol. The average Bonchev–Trinajstić information content (AvgIpc) is 2.99. The van der Waals surface area contributed by atoms with Crippen LogP contribution >= 0.6 is 23.4 Å². The van der Waals surface area contributed by atoms with E-state index >= 15 is 0 Å². The molecule has 25 heavy (non-hydrogen) atoms. The van der Waals surface area contributed by atoms with E-state index in [1.54, 1.807) is 6.07 Å². The van der Waals surface area contributed by atoms with Crippen LogP contribution in [0.5, 0.6) is 0 Å². The third-order valence-corrected chi connectivity index (χ3v) is 4.59. The molecule has 0 aliphatic carbocycles. The van der Waals surface area contributed by atoms with E-state index in [1.165, 1.54) is 18.0 Å². The number of para-hydroxylation sites is 1. The van der Waals surface area contributed by atoms with Gasteiger partial charge in [-0.05, 0) is 24.5 Å². The van der Waals surface area contributed by atoms with E-state index in [4.69, 9.17) is 16.0 Å². The SMILES string of the molecule is CSc1ncc(Cl)c(C(=O)Nc2ccc3c(c2)oc2ccccc23)n1. The average molecular weight is 370 g/mol. The first kappa shape index (κ1) is 15.9. The number of rotatable bonds is 3. The summed E-state index contributed by atoms with van der Waals surface area (Å²) in [6, 6.07) is 13.3. The van der Waals surface area contributed by atoms with E-state index in [1.807, 2.05) is 42.7 Å². The summed E-state index contributed by atoms with van der Waals surface area (Å²) < 4.78 is 5.83. The highest BCUT2D eigenvalue weighted by atomic mass is 35.5. The minimum atomic E-state index is -0.391. The summed E-state index contributed by atoms with van der Waals surface area (Å²) in [6.07, 6.45) is 3.26. The highest BCUT2D eigenvalue weighted by Gasteiger charge is 2.15. The van der Waals surface area contributed by atoms with Crippen LogP contribution in [0.4, 0.5) is 5.69 Å². The van der Waals surface area contributed by atoms with Gasteiger partial charge in [0.25, 0.3) is 5.91 Å². The van der Waals surface area contributed by atoms with Crippen molar-refractivity contribution >= 4 is 56.9 Å². The molecule has 0 saturated carbocycles. The Kier molecular flexibility index (Phi) is 4.07. The van der Waals surface area contributed by atoms with Crippen LogP contribution in [-0.2, 0) is 0 Å². The zero-order chi connectivity index (χ0) is 17.4. The fourth-order valence-electron chi connectivity index (χ4n) is 2.60. The highest BCUT2D eigenvalue weighted by molar-refractivity contribution is 7.98. The zero-order valence-corrected chi connectivity index (χ0v) is 14.7. The Hall–Kier alpha value is -2.57. The molecule has 4 aromatic rings. The van der Waals surface area contributed by atoms with Crippen molar-refractivity contribution in [2.45, 2.75) is 5.16 Å². The summed E-state index contributed by atoms with van der Waals surface area (Å²) in [7, 11) is 0. The number of fused-ring (bicyclic) bond motifs is 3. The van der Waals surface area contributed by atoms with Crippen molar-refractivity contribution < 1.29 is 9.21 Å². The number of anilines is 1. The van der Waals surface area contributed by atoms with Crippen LogP contribution in [0, 0.1) is 0 Å². The summed E-state index contributed by atoms with van der Waals surface area (Å²) in [5, 5.41) is 5.54. The molecule has 0 saturated heterocycles. The first-order valence-corrected chi connectivity index (χ1v) is 9.05. The smallest absolute Gasteiger partial charge is 0.275 e. The minimum Gasteiger partial charge on any atom is -0.456 e. The van der Waals surface area contributed by atoms with Crippen molar-refractivity contribution in [2.75, 3.05) is 11.6 Å². The molecule has 0 fully saturated rings. The third-order valence-electron chi connectivity index (χ3n) is 3.76. The number of carbonyl (C=O) groups excluding carboxylic acids is 1. The normalized spacial score (nSPS) is 11.1. The molecule has 0 atom stereocenters. The number of thioether (sulfide) groups is 1. The summed E-state index contributed by atoms with van der Waals surface area (Å²) in [4.78, 5) is 20.7. The molecule has 0 aliphatic rings. The fraction of sp³-hybridized carbons (Fsp3) is 0.0556. The molecule has 1 amide bonds. The van der Waals surface area contributed by atoms with E-state index in [2.05, 4.69) is 15.3 Å². The van der Waals surface area contributed by atoms with Crippen LogP contribution in [0.3, 0.4) is 0 Å². The molecule has 0 radical (unpaired) electrons.